The third-order valence-electron chi connectivity index (χ3n) is 3.67. The van der Waals surface area contributed by atoms with Crippen LogP contribution >= 0.6 is 0 Å². The van der Waals surface area contributed by atoms with Gasteiger partial charge < -0.3 is 15.2 Å². The topological polar surface area (TPSA) is 100 Å². The maximum Gasteiger partial charge on any atom is 0.271 e. The van der Waals surface area contributed by atoms with E-state index in [1.54, 1.807) is 36.4 Å². The van der Waals surface area contributed by atoms with E-state index >= 15 is 0 Å². The second kappa shape index (κ2) is 8.35. The Hall–Kier alpha value is -3.35. The van der Waals surface area contributed by atoms with Crippen molar-refractivity contribution in [3.63, 3.8) is 0 Å². The highest BCUT2D eigenvalue weighted by Gasteiger charge is 2.21. The van der Waals surface area contributed by atoms with E-state index in [1.807, 2.05) is 20.8 Å². The van der Waals surface area contributed by atoms with Crippen molar-refractivity contribution in [1.29, 1.82) is 0 Å². The van der Waals surface area contributed by atoms with Crippen molar-refractivity contribution in [3.8, 4) is 11.5 Å². The van der Waals surface area contributed by atoms with Crippen molar-refractivity contribution >= 4 is 23.7 Å². The number of phenols is 1. The summed E-state index contributed by atoms with van der Waals surface area (Å²) in [4.78, 5) is 24.1. The lowest BCUT2D eigenvalue weighted by Gasteiger charge is -2.17. The number of methoxy groups -OCH3 is 1. The molecule has 2 amide bonds. The Balaban J connectivity index is 1.96. The normalized spacial score (nSPS) is 11.3. The molecule has 3 N–H and O–H groups in total. The van der Waals surface area contributed by atoms with Crippen LogP contribution < -0.4 is 15.5 Å². The van der Waals surface area contributed by atoms with Crippen molar-refractivity contribution in [2.45, 2.75) is 20.8 Å². The molecule has 0 aliphatic rings. The predicted octanol–water partition coefficient (Wildman–Crippen LogP) is 3.15. The third kappa shape index (κ3) is 5.57. The molecule has 7 nitrogen and oxygen atoms in total. The van der Waals surface area contributed by atoms with Crippen molar-refractivity contribution in [2.75, 3.05) is 12.4 Å². The van der Waals surface area contributed by atoms with Crippen LogP contribution in [-0.2, 0) is 4.79 Å². The number of carbonyl (C=O) groups is 2. The lowest BCUT2D eigenvalue weighted by atomic mass is 9.95. The molecule has 0 spiro atoms. The minimum Gasteiger partial charge on any atom is -0.504 e. The summed E-state index contributed by atoms with van der Waals surface area (Å²) in [7, 11) is 1.46. The summed E-state index contributed by atoms with van der Waals surface area (Å²) in [5.41, 5.74) is 3.53. The molecular weight excluding hydrogens is 346 g/mol. The first-order valence-corrected chi connectivity index (χ1v) is 8.32. The Labute approximate surface area is 158 Å². The van der Waals surface area contributed by atoms with E-state index in [0.717, 1.165) is 0 Å². The number of anilines is 1. The fraction of sp³-hybridized carbons (Fsp3) is 0.250. The SMILES string of the molecule is COc1ccc(/C=N\NC(=O)c2ccc(NC(=O)C(C)(C)C)cc2)cc1O. The van der Waals surface area contributed by atoms with Crippen LogP contribution in [-0.4, -0.2) is 30.2 Å². The van der Waals surface area contributed by atoms with E-state index in [1.165, 1.54) is 19.4 Å². The van der Waals surface area contributed by atoms with Gasteiger partial charge in [0.25, 0.3) is 5.91 Å². The van der Waals surface area contributed by atoms with Gasteiger partial charge in [-0.3, -0.25) is 9.59 Å². The standard InChI is InChI=1S/C20H23N3O4/c1-20(2,3)19(26)22-15-8-6-14(7-9-15)18(25)23-21-12-13-5-10-17(27-4)16(24)11-13/h5-12,24H,1-4H3,(H,22,26)(H,23,25)/b21-12-. The van der Waals surface area contributed by atoms with Gasteiger partial charge in [-0.25, -0.2) is 5.43 Å². The molecule has 0 saturated carbocycles. The Bertz CT molecular complexity index is 853. The van der Waals surface area contributed by atoms with Crippen molar-refractivity contribution in [3.05, 3.63) is 53.6 Å². The summed E-state index contributed by atoms with van der Waals surface area (Å²) < 4.78 is 4.96. The molecule has 0 saturated heterocycles. The molecule has 2 aromatic carbocycles. The van der Waals surface area contributed by atoms with Gasteiger partial charge in [0.2, 0.25) is 5.91 Å². The summed E-state index contributed by atoms with van der Waals surface area (Å²) in [6, 6.07) is 11.3. The van der Waals surface area contributed by atoms with Crippen molar-refractivity contribution < 1.29 is 19.4 Å². The van der Waals surface area contributed by atoms with Crippen LogP contribution in [0.4, 0.5) is 5.69 Å². The Morgan fingerprint density at radius 2 is 1.78 bits per heavy atom. The number of aromatic hydroxyl groups is 1. The quantitative estimate of drug-likeness (QED) is 0.557. The number of hydrogen-bond acceptors (Lipinski definition) is 5. The van der Waals surface area contributed by atoms with Gasteiger partial charge in [-0.05, 0) is 48.0 Å². The number of carbonyl (C=O) groups excluding carboxylic acids is 2. The molecule has 0 heterocycles. The molecule has 0 radical (unpaired) electrons. The van der Waals surface area contributed by atoms with E-state index in [9.17, 15) is 14.7 Å². The van der Waals surface area contributed by atoms with Crippen LogP contribution in [0.3, 0.4) is 0 Å². The Morgan fingerprint density at radius 3 is 2.33 bits per heavy atom. The molecule has 2 rings (SSSR count). The second-order valence-electron chi connectivity index (χ2n) is 6.91. The highest BCUT2D eigenvalue weighted by Crippen LogP contribution is 2.25. The van der Waals surface area contributed by atoms with Gasteiger partial charge in [0.15, 0.2) is 11.5 Å². The van der Waals surface area contributed by atoms with Crippen molar-refractivity contribution in [1.82, 2.24) is 5.43 Å². The van der Waals surface area contributed by atoms with Gasteiger partial charge in [-0.2, -0.15) is 5.10 Å². The van der Waals surface area contributed by atoms with Crippen LogP contribution in [0.5, 0.6) is 11.5 Å². The molecule has 0 unspecified atom stereocenters. The molecule has 0 atom stereocenters. The zero-order valence-electron chi connectivity index (χ0n) is 15.7. The van der Waals surface area contributed by atoms with Gasteiger partial charge in [-0.1, -0.05) is 20.8 Å². The largest absolute Gasteiger partial charge is 0.504 e. The highest BCUT2D eigenvalue weighted by molar-refractivity contribution is 5.97. The molecule has 27 heavy (non-hydrogen) atoms. The fourth-order valence-electron chi connectivity index (χ4n) is 2.04. The number of hydrogen-bond donors (Lipinski definition) is 3. The maximum absolute atomic E-state index is 12.1. The Kier molecular flexibility index (Phi) is 6.18. The van der Waals surface area contributed by atoms with E-state index in [4.69, 9.17) is 4.74 Å². The zero-order valence-corrected chi connectivity index (χ0v) is 15.7. The first kappa shape index (κ1) is 20.0. The first-order chi connectivity index (χ1) is 12.7. The monoisotopic (exact) mass is 369 g/mol. The lowest BCUT2D eigenvalue weighted by molar-refractivity contribution is -0.123. The molecule has 0 fully saturated rings. The van der Waals surface area contributed by atoms with Crippen LogP contribution in [0.2, 0.25) is 0 Å². The molecule has 0 bridgehead atoms. The summed E-state index contributed by atoms with van der Waals surface area (Å²) >= 11 is 0. The summed E-state index contributed by atoms with van der Waals surface area (Å²) in [6.07, 6.45) is 1.41. The van der Waals surface area contributed by atoms with Gasteiger partial charge in [0, 0.05) is 16.7 Å². The first-order valence-electron chi connectivity index (χ1n) is 8.32. The number of ether oxygens (including phenoxy) is 1. The fourth-order valence-corrected chi connectivity index (χ4v) is 2.04. The van der Waals surface area contributed by atoms with Crippen molar-refractivity contribution in [2.24, 2.45) is 10.5 Å². The molecule has 0 aliphatic carbocycles. The average molecular weight is 369 g/mol. The van der Waals surface area contributed by atoms with E-state index < -0.39 is 11.3 Å². The number of nitrogens with one attached hydrogen (secondary N) is 2. The third-order valence-corrected chi connectivity index (χ3v) is 3.67. The van der Waals surface area contributed by atoms with Crippen LogP contribution in [0.25, 0.3) is 0 Å². The summed E-state index contributed by atoms with van der Waals surface area (Å²) in [6.45, 7) is 5.47. The number of amides is 2. The van der Waals surface area contributed by atoms with Gasteiger partial charge in [0.1, 0.15) is 0 Å². The summed E-state index contributed by atoms with van der Waals surface area (Å²) in [5.74, 6) is -0.153. The molecule has 7 heteroatoms. The predicted molar refractivity (Wildman–Crippen MR) is 104 cm³/mol. The Morgan fingerprint density at radius 1 is 1.11 bits per heavy atom. The number of hydrazone groups is 1. The smallest absolute Gasteiger partial charge is 0.271 e. The van der Waals surface area contributed by atoms with E-state index in [0.29, 0.717) is 22.6 Å². The zero-order chi connectivity index (χ0) is 20.0. The van der Waals surface area contributed by atoms with E-state index in [-0.39, 0.29) is 11.7 Å². The van der Waals surface area contributed by atoms with Gasteiger partial charge >= 0.3 is 0 Å². The molecule has 0 aromatic heterocycles. The van der Waals surface area contributed by atoms with Gasteiger partial charge in [-0.15, -0.1) is 0 Å². The molecule has 0 aliphatic heterocycles. The van der Waals surface area contributed by atoms with Crippen LogP contribution in [0.15, 0.2) is 47.6 Å². The minimum absolute atomic E-state index is 0.0133. The number of benzene rings is 2. The van der Waals surface area contributed by atoms with Crippen LogP contribution in [0.1, 0.15) is 36.7 Å². The highest BCUT2D eigenvalue weighted by atomic mass is 16.5. The number of phenolic OH excluding ortho intramolecular Hbond substituents is 1. The molecule has 142 valence electrons. The molecular formula is C20H23N3O4. The number of rotatable bonds is 5. The lowest BCUT2D eigenvalue weighted by Crippen LogP contribution is -2.27. The van der Waals surface area contributed by atoms with E-state index in [2.05, 4.69) is 15.8 Å². The number of nitrogens with zero attached hydrogens (tertiary/aromatic N) is 1. The molecule has 2 aromatic rings. The average Bonchev–Trinajstić information content (AvgIpc) is 2.61. The minimum atomic E-state index is -0.499. The van der Waals surface area contributed by atoms with Crippen LogP contribution in [0, 0.1) is 5.41 Å². The second-order valence-corrected chi connectivity index (χ2v) is 6.91. The summed E-state index contributed by atoms with van der Waals surface area (Å²) in [5, 5.41) is 16.4. The van der Waals surface area contributed by atoms with Gasteiger partial charge in [0.05, 0.1) is 13.3 Å². The maximum atomic E-state index is 12.1.